The topological polar surface area (TPSA) is 70.7 Å². The van der Waals surface area contributed by atoms with Crippen molar-refractivity contribution in [1.29, 1.82) is 0 Å². The lowest BCUT2D eigenvalue weighted by Gasteiger charge is -2.34. The van der Waals surface area contributed by atoms with Crippen molar-refractivity contribution in [2.45, 2.75) is 19.4 Å². The number of hydrogen-bond acceptors (Lipinski definition) is 4. The van der Waals surface area contributed by atoms with Gasteiger partial charge in [-0.25, -0.2) is 9.44 Å². The van der Waals surface area contributed by atoms with Gasteiger partial charge in [0.1, 0.15) is 0 Å². The number of nitrogens with zero attached hydrogens (tertiary/aromatic N) is 1. The average molecular weight is 362 g/mol. The first-order chi connectivity index (χ1) is 11.0. The fourth-order valence-electron chi connectivity index (χ4n) is 2.51. The highest BCUT2D eigenvalue weighted by atomic mass is 35.5. The van der Waals surface area contributed by atoms with Gasteiger partial charge in [-0.15, -0.1) is 0 Å². The molecule has 0 aliphatic carbocycles. The maximum atomic E-state index is 12.0. The summed E-state index contributed by atoms with van der Waals surface area (Å²) in [7, 11) is -3.48. The molecule has 1 saturated heterocycles. The van der Waals surface area contributed by atoms with Crippen molar-refractivity contribution in [3.63, 3.8) is 0 Å². The van der Waals surface area contributed by atoms with Gasteiger partial charge in [-0.3, -0.25) is 4.90 Å². The molecule has 1 unspecified atom stereocenters. The molecule has 0 aromatic heterocycles. The SMILES string of the molecule is CCCNS(=O)(=O)NCC(c1ccc(Cl)cc1)N1CCOCC1. The fraction of sp³-hybridized carbons (Fsp3) is 0.600. The lowest BCUT2D eigenvalue weighted by Crippen LogP contribution is -2.46. The highest BCUT2D eigenvalue weighted by Gasteiger charge is 2.24. The number of rotatable bonds is 8. The minimum Gasteiger partial charge on any atom is -0.379 e. The van der Waals surface area contributed by atoms with E-state index in [1.807, 2.05) is 31.2 Å². The van der Waals surface area contributed by atoms with Gasteiger partial charge < -0.3 is 4.74 Å². The van der Waals surface area contributed by atoms with Crippen LogP contribution >= 0.6 is 11.6 Å². The second-order valence-electron chi connectivity index (χ2n) is 5.46. The first-order valence-corrected chi connectivity index (χ1v) is 9.69. The smallest absolute Gasteiger partial charge is 0.276 e. The summed E-state index contributed by atoms with van der Waals surface area (Å²) in [6.07, 6.45) is 0.755. The number of benzene rings is 1. The Morgan fingerprint density at radius 1 is 1.22 bits per heavy atom. The fourth-order valence-corrected chi connectivity index (χ4v) is 3.59. The maximum absolute atomic E-state index is 12.0. The van der Waals surface area contributed by atoms with E-state index in [0.29, 0.717) is 31.3 Å². The quantitative estimate of drug-likeness (QED) is 0.737. The van der Waals surface area contributed by atoms with Crippen LogP contribution in [0.25, 0.3) is 0 Å². The third-order valence-corrected chi connectivity index (χ3v) is 5.13. The number of nitrogens with one attached hydrogen (secondary N) is 2. The molecule has 23 heavy (non-hydrogen) atoms. The zero-order valence-electron chi connectivity index (χ0n) is 13.3. The summed E-state index contributed by atoms with van der Waals surface area (Å²) in [5.74, 6) is 0. The van der Waals surface area contributed by atoms with Crippen LogP contribution in [0.5, 0.6) is 0 Å². The zero-order chi connectivity index (χ0) is 16.7. The van der Waals surface area contributed by atoms with Gasteiger partial charge in [0.2, 0.25) is 0 Å². The molecule has 1 aromatic rings. The zero-order valence-corrected chi connectivity index (χ0v) is 14.9. The molecule has 1 fully saturated rings. The second kappa shape index (κ2) is 8.96. The largest absolute Gasteiger partial charge is 0.379 e. The van der Waals surface area contributed by atoms with Crippen molar-refractivity contribution in [1.82, 2.24) is 14.3 Å². The first kappa shape index (κ1) is 18.6. The molecule has 130 valence electrons. The summed E-state index contributed by atoms with van der Waals surface area (Å²) >= 11 is 5.95. The summed E-state index contributed by atoms with van der Waals surface area (Å²) in [4.78, 5) is 2.23. The Morgan fingerprint density at radius 2 is 1.87 bits per heavy atom. The molecular formula is C15H24ClN3O3S. The predicted molar refractivity (Wildman–Crippen MR) is 91.8 cm³/mol. The Labute approximate surface area is 143 Å². The van der Waals surface area contributed by atoms with E-state index in [1.54, 1.807) is 0 Å². The molecule has 6 nitrogen and oxygen atoms in total. The van der Waals surface area contributed by atoms with Gasteiger partial charge in [-0.1, -0.05) is 30.7 Å². The summed E-state index contributed by atoms with van der Waals surface area (Å²) in [6.45, 7) is 5.52. The molecule has 1 atom stereocenters. The summed E-state index contributed by atoms with van der Waals surface area (Å²) in [5, 5.41) is 0.666. The van der Waals surface area contributed by atoms with Crippen molar-refractivity contribution >= 4 is 21.8 Å². The normalized spacial score (nSPS) is 18.0. The highest BCUT2D eigenvalue weighted by molar-refractivity contribution is 7.87. The van der Waals surface area contributed by atoms with Gasteiger partial charge in [0.15, 0.2) is 0 Å². The van der Waals surface area contributed by atoms with Crippen LogP contribution in [0.1, 0.15) is 24.9 Å². The third kappa shape index (κ3) is 6.02. The lowest BCUT2D eigenvalue weighted by molar-refractivity contribution is 0.0172. The summed E-state index contributed by atoms with van der Waals surface area (Å²) in [5.41, 5.74) is 1.04. The standard InChI is InChI=1S/C15H24ClN3O3S/c1-2-7-17-23(20,21)18-12-15(19-8-10-22-11-9-19)13-3-5-14(16)6-4-13/h3-6,15,17-18H,2,7-12H2,1H3. The van der Waals surface area contributed by atoms with Gasteiger partial charge in [0, 0.05) is 37.2 Å². The second-order valence-corrected chi connectivity index (χ2v) is 7.48. The molecule has 2 N–H and O–H groups in total. The number of hydrogen-bond donors (Lipinski definition) is 2. The van der Waals surface area contributed by atoms with Crippen molar-refractivity contribution in [2.75, 3.05) is 39.4 Å². The number of morpholine rings is 1. The molecule has 0 amide bonds. The summed E-state index contributed by atoms with van der Waals surface area (Å²) < 4.78 is 34.5. The monoisotopic (exact) mass is 361 g/mol. The molecule has 1 aromatic carbocycles. The van der Waals surface area contributed by atoms with Crippen molar-refractivity contribution in [2.24, 2.45) is 0 Å². The molecule has 0 spiro atoms. The maximum Gasteiger partial charge on any atom is 0.276 e. The van der Waals surface area contributed by atoms with E-state index in [-0.39, 0.29) is 6.04 Å². The van der Waals surface area contributed by atoms with Crippen molar-refractivity contribution in [3.8, 4) is 0 Å². The van der Waals surface area contributed by atoms with Crippen LogP contribution in [0.4, 0.5) is 0 Å². The Morgan fingerprint density at radius 3 is 2.48 bits per heavy atom. The van der Waals surface area contributed by atoms with Gasteiger partial charge in [-0.2, -0.15) is 8.42 Å². The Kier molecular flexibility index (Phi) is 7.26. The van der Waals surface area contributed by atoms with E-state index in [2.05, 4.69) is 14.3 Å². The minimum atomic E-state index is -3.48. The van der Waals surface area contributed by atoms with E-state index < -0.39 is 10.2 Å². The first-order valence-electron chi connectivity index (χ1n) is 7.83. The van der Waals surface area contributed by atoms with Crippen molar-refractivity contribution in [3.05, 3.63) is 34.9 Å². The van der Waals surface area contributed by atoms with Crippen LogP contribution < -0.4 is 9.44 Å². The van der Waals surface area contributed by atoms with Crippen LogP contribution in [0.15, 0.2) is 24.3 Å². The van der Waals surface area contributed by atoms with Crippen LogP contribution in [0.3, 0.4) is 0 Å². The molecule has 8 heteroatoms. The molecule has 1 heterocycles. The molecular weight excluding hydrogens is 338 g/mol. The number of ether oxygens (including phenoxy) is 1. The molecule has 0 bridgehead atoms. The molecule has 1 aliphatic heterocycles. The Bertz CT molecular complexity index is 574. The Balaban J connectivity index is 2.08. The van der Waals surface area contributed by atoms with Crippen LogP contribution in [0.2, 0.25) is 5.02 Å². The van der Waals surface area contributed by atoms with Gasteiger partial charge in [0.05, 0.1) is 13.2 Å². The molecule has 0 saturated carbocycles. The van der Waals surface area contributed by atoms with E-state index in [1.165, 1.54) is 0 Å². The van der Waals surface area contributed by atoms with E-state index >= 15 is 0 Å². The molecule has 0 radical (unpaired) electrons. The average Bonchev–Trinajstić information content (AvgIpc) is 2.56. The third-order valence-electron chi connectivity index (χ3n) is 3.75. The van der Waals surface area contributed by atoms with Gasteiger partial charge in [-0.05, 0) is 24.1 Å². The lowest BCUT2D eigenvalue weighted by atomic mass is 10.1. The molecule has 1 aliphatic rings. The Hall–Kier alpha value is -0.700. The van der Waals surface area contributed by atoms with Crippen LogP contribution in [0, 0.1) is 0 Å². The van der Waals surface area contributed by atoms with E-state index in [0.717, 1.165) is 25.1 Å². The van der Waals surface area contributed by atoms with E-state index in [9.17, 15) is 8.42 Å². The van der Waals surface area contributed by atoms with Crippen LogP contribution in [-0.2, 0) is 14.9 Å². The predicted octanol–water partition coefficient (Wildman–Crippen LogP) is 1.55. The van der Waals surface area contributed by atoms with Crippen LogP contribution in [-0.4, -0.2) is 52.7 Å². The summed E-state index contributed by atoms with van der Waals surface area (Å²) in [6, 6.07) is 7.49. The number of halogens is 1. The van der Waals surface area contributed by atoms with Gasteiger partial charge >= 0.3 is 0 Å². The van der Waals surface area contributed by atoms with Gasteiger partial charge in [0.25, 0.3) is 10.2 Å². The van der Waals surface area contributed by atoms with Crippen molar-refractivity contribution < 1.29 is 13.2 Å². The highest BCUT2D eigenvalue weighted by Crippen LogP contribution is 2.23. The van der Waals surface area contributed by atoms with E-state index in [4.69, 9.17) is 16.3 Å². The molecule has 2 rings (SSSR count). The minimum absolute atomic E-state index is 0.0469.